The normalized spacial score (nSPS) is 15.1. The van der Waals surface area contributed by atoms with Crippen LogP contribution in [0, 0.1) is 10.1 Å². The Balaban J connectivity index is 0.00000233. The first kappa shape index (κ1) is 26.3. The Morgan fingerprint density at radius 1 is 1.19 bits per heavy atom. The van der Waals surface area contributed by atoms with E-state index in [0.29, 0.717) is 0 Å². The van der Waals surface area contributed by atoms with Crippen molar-refractivity contribution in [1.82, 2.24) is 5.32 Å². The number of piperidine rings is 1. The first-order valence-electron chi connectivity index (χ1n) is 9.49. The minimum atomic E-state index is -5.87. The smallest absolute Gasteiger partial charge is 0.383 e. The molecule has 1 saturated heterocycles. The highest BCUT2D eigenvalue weighted by Crippen LogP contribution is 2.36. The Morgan fingerprint density at radius 3 is 2.19 bits per heavy atom. The first-order chi connectivity index (χ1) is 14.4. The lowest BCUT2D eigenvalue weighted by atomic mass is 10.0. The predicted octanol–water partition coefficient (Wildman–Crippen LogP) is 4.53. The third-order valence-corrected chi connectivity index (χ3v) is 4.48. The summed E-state index contributed by atoms with van der Waals surface area (Å²) in [6.07, 6.45) is -6.72. The summed E-state index contributed by atoms with van der Waals surface area (Å²) in [5.74, 6) is -6.51. The molecule has 1 heterocycles. The summed E-state index contributed by atoms with van der Waals surface area (Å²) in [5, 5.41) is 15.3. The lowest BCUT2D eigenvalue weighted by Gasteiger charge is -2.32. The standard InChI is InChI=1S/C16H18F6N4O3.C2H6/c1-23-11-7-12(25-4-2-9(17)3-5-25)10(6-13(11)26(28)29)14(27)24-8-15(18,19)16(20,21)22;1-2/h6-7,9,23H,2-5,8H2,1H3,(H,24,27);1-2H3. The molecule has 1 amide bonds. The van der Waals surface area contributed by atoms with Gasteiger partial charge >= 0.3 is 12.1 Å². The van der Waals surface area contributed by atoms with Gasteiger partial charge in [-0.05, 0) is 18.9 Å². The van der Waals surface area contributed by atoms with Crippen LogP contribution in [0.25, 0.3) is 0 Å². The molecular weight excluding hydrogens is 434 g/mol. The molecule has 7 nitrogen and oxygen atoms in total. The lowest BCUT2D eigenvalue weighted by molar-refractivity contribution is -0.384. The first-order valence-corrected chi connectivity index (χ1v) is 9.49. The number of halogens is 6. The van der Waals surface area contributed by atoms with Gasteiger partial charge in [0.1, 0.15) is 11.9 Å². The molecule has 0 radical (unpaired) electrons. The highest BCUT2D eigenvalue weighted by molar-refractivity contribution is 6.02. The number of alkyl halides is 6. The fourth-order valence-corrected chi connectivity index (χ4v) is 2.85. The average Bonchev–Trinajstić information content (AvgIpc) is 2.72. The largest absolute Gasteiger partial charge is 0.455 e. The van der Waals surface area contributed by atoms with E-state index in [4.69, 9.17) is 0 Å². The summed E-state index contributed by atoms with van der Waals surface area (Å²) < 4.78 is 76.6. The van der Waals surface area contributed by atoms with Crippen LogP contribution in [-0.2, 0) is 0 Å². The Bertz CT molecular complexity index is 780. The molecule has 31 heavy (non-hydrogen) atoms. The summed E-state index contributed by atoms with van der Waals surface area (Å²) >= 11 is 0. The number of nitrogens with one attached hydrogen (secondary N) is 2. The van der Waals surface area contributed by atoms with E-state index < -0.39 is 46.9 Å². The number of amides is 1. The molecule has 0 atom stereocenters. The number of carbonyl (C=O) groups excluding carboxylic acids is 1. The molecule has 2 N–H and O–H groups in total. The summed E-state index contributed by atoms with van der Waals surface area (Å²) in [7, 11) is 1.38. The molecule has 0 aliphatic carbocycles. The summed E-state index contributed by atoms with van der Waals surface area (Å²) in [5.41, 5.74) is -0.945. The second-order valence-corrected chi connectivity index (χ2v) is 6.44. The fraction of sp³-hybridized carbons (Fsp3) is 0.611. The Labute approximate surface area is 174 Å². The van der Waals surface area contributed by atoms with Crippen LogP contribution in [0.2, 0.25) is 0 Å². The van der Waals surface area contributed by atoms with E-state index in [9.17, 15) is 41.3 Å². The number of rotatable bonds is 6. The third kappa shape index (κ3) is 6.37. The molecule has 1 aromatic rings. The second-order valence-electron chi connectivity index (χ2n) is 6.44. The molecular formula is C18H24F6N4O3. The van der Waals surface area contributed by atoms with Crippen molar-refractivity contribution in [2.45, 2.75) is 45.0 Å². The van der Waals surface area contributed by atoms with Crippen molar-refractivity contribution < 1.29 is 36.1 Å². The number of carbonyl (C=O) groups is 1. The summed E-state index contributed by atoms with van der Waals surface area (Å²) in [6.45, 7) is 2.26. The predicted molar refractivity (Wildman–Crippen MR) is 104 cm³/mol. The van der Waals surface area contributed by atoms with Gasteiger partial charge in [0.15, 0.2) is 0 Å². The van der Waals surface area contributed by atoms with E-state index in [1.807, 2.05) is 13.8 Å². The third-order valence-electron chi connectivity index (χ3n) is 4.48. The fourth-order valence-electron chi connectivity index (χ4n) is 2.85. The van der Waals surface area contributed by atoms with E-state index in [0.717, 1.165) is 6.07 Å². The molecule has 0 spiro atoms. The van der Waals surface area contributed by atoms with E-state index in [-0.39, 0.29) is 37.3 Å². The molecule has 0 aromatic heterocycles. The number of nitro groups is 1. The van der Waals surface area contributed by atoms with Crippen LogP contribution >= 0.6 is 0 Å². The quantitative estimate of drug-likeness (QED) is 0.372. The van der Waals surface area contributed by atoms with Crippen molar-refractivity contribution in [3.8, 4) is 0 Å². The highest BCUT2D eigenvalue weighted by atomic mass is 19.4. The van der Waals surface area contributed by atoms with Crippen molar-refractivity contribution in [1.29, 1.82) is 0 Å². The number of hydrogen-bond acceptors (Lipinski definition) is 5. The SMILES string of the molecule is CC.CNc1cc(N2CCC(F)CC2)c(C(=O)NCC(F)(F)C(F)(F)F)cc1[N+](=O)[O-]. The van der Waals surface area contributed by atoms with Gasteiger partial charge in [0.2, 0.25) is 0 Å². The van der Waals surface area contributed by atoms with Gasteiger partial charge in [-0.1, -0.05) is 13.8 Å². The van der Waals surface area contributed by atoms with Crippen molar-refractivity contribution in [2.75, 3.05) is 36.9 Å². The number of anilines is 2. The van der Waals surface area contributed by atoms with Crippen LogP contribution in [0.3, 0.4) is 0 Å². The maximum Gasteiger partial charge on any atom is 0.455 e. The molecule has 13 heteroatoms. The molecule has 176 valence electrons. The molecule has 2 rings (SSSR count). The molecule has 1 aromatic carbocycles. The van der Waals surface area contributed by atoms with E-state index in [1.54, 1.807) is 0 Å². The average molecular weight is 458 g/mol. The Morgan fingerprint density at radius 2 is 1.74 bits per heavy atom. The van der Waals surface area contributed by atoms with Crippen molar-refractivity contribution in [2.24, 2.45) is 0 Å². The molecule has 0 bridgehead atoms. The van der Waals surface area contributed by atoms with Gasteiger partial charge in [0, 0.05) is 26.2 Å². The van der Waals surface area contributed by atoms with Gasteiger partial charge in [0.25, 0.3) is 11.6 Å². The van der Waals surface area contributed by atoms with Gasteiger partial charge in [-0.3, -0.25) is 14.9 Å². The van der Waals surface area contributed by atoms with Crippen LogP contribution in [0.5, 0.6) is 0 Å². The Kier molecular flexibility index (Phi) is 8.94. The zero-order valence-electron chi connectivity index (χ0n) is 17.2. The monoisotopic (exact) mass is 458 g/mol. The lowest BCUT2D eigenvalue weighted by Crippen LogP contribution is -2.47. The molecule has 1 aliphatic heterocycles. The number of nitro benzene ring substituents is 1. The van der Waals surface area contributed by atoms with E-state index in [2.05, 4.69) is 5.32 Å². The molecule has 0 unspecified atom stereocenters. The van der Waals surface area contributed by atoms with Gasteiger partial charge in [-0.15, -0.1) is 0 Å². The maximum absolute atomic E-state index is 13.4. The van der Waals surface area contributed by atoms with Crippen LogP contribution in [-0.4, -0.2) is 55.8 Å². The molecule has 1 aliphatic rings. The van der Waals surface area contributed by atoms with Gasteiger partial charge < -0.3 is 15.5 Å². The summed E-state index contributed by atoms with van der Waals surface area (Å²) in [4.78, 5) is 24.3. The topological polar surface area (TPSA) is 87.5 Å². The van der Waals surface area contributed by atoms with Crippen LogP contribution in [0.15, 0.2) is 12.1 Å². The van der Waals surface area contributed by atoms with Crippen molar-refractivity contribution in [3.05, 3.63) is 27.8 Å². The highest BCUT2D eigenvalue weighted by Gasteiger charge is 2.57. The van der Waals surface area contributed by atoms with Crippen molar-refractivity contribution >= 4 is 23.0 Å². The number of hydrogen-bond donors (Lipinski definition) is 2. The van der Waals surface area contributed by atoms with Gasteiger partial charge in [-0.2, -0.15) is 22.0 Å². The van der Waals surface area contributed by atoms with E-state index in [1.165, 1.54) is 23.3 Å². The van der Waals surface area contributed by atoms with Gasteiger partial charge in [-0.25, -0.2) is 4.39 Å². The van der Waals surface area contributed by atoms with E-state index >= 15 is 0 Å². The minimum absolute atomic E-state index is 0.00421. The molecule has 1 fully saturated rings. The van der Waals surface area contributed by atoms with Crippen molar-refractivity contribution in [3.63, 3.8) is 0 Å². The zero-order valence-corrected chi connectivity index (χ0v) is 17.2. The second kappa shape index (κ2) is 10.5. The van der Waals surface area contributed by atoms with Crippen LogP contribution in [0.1, 0.15) is 37.0 Å². The van der Waals surface area contributed by atoms with Gasteiger partial charge in [0.05, 0.1) is 22.7 Å². The zero-order chi connectivity index (χ0) is 24.0. The number of benzene rings is 1. The minimum Gasteiger partial charge on any atom is -0.383 e. The maximum atomic E-state index is 13.4. The number of nitrogens with zero attached hydrogens (tertiary/aromatic N) is 2. The molecule has 0 saturated carbocycles. The Hall–Kier alpha value is -2.73. The van der Waals surface area contributed by atoms with Crippen LogP contribution < -0.4 is 15.5 Å². The van der Waals surface area contributed by atoms with Crippen LogP contribution in [0.4, 0.5) is 43.4 Å². The summed E-state index contributed by atoms with van der Waals surface area (Å²) in [6, 6.07) is 2.01.